The van der Waals surface area contributed by atoms with Gasteiger partial charge >= 0.3 is 5.97 Å². The van der Waals surface area contributed by atoms with E-state index in [1.807, 2.05) is 138 Å². The summed E-state index contributed by atoms with van der Waals surface area (Å²) in [5.41, 5.74) is 3.92. The molecule has 8 rings (SSSR count). The third-order valence-corrected chi connectivity index (χ3v) is 9.10. The zero-order valence-corrected chi connectivity index (χ0v) is 23.7. The Bertz CT molecular complexity index is 1910. The summed E-state index contributed by atoms with van der Waals surface area (Å²) in [4.78, 5) is 46.6. The Morgan fingerprint density at radius 2 is 1.23 bits per heavy atom. The van der Waals surface area contributed by atoms with Gasteiger partial charge in [-0.3, -0.25) is 9.59 Å². The van der Waals surface area contributed by atoms with Crippen LogP contribution in [0.25, 0.3) is 16.8 Å². The van der Waals surface area contributed by atoms with E-state index in [-0.39, 0.29) is 11.8 Å². The third kappa shape index (κ3) is 3.98. The molecule has 0 bridgehead atoms. The number of benzene rings is 5. The van der Waals surface area contributed by atoms with Crippen molar-refractivity contribution in [3.05, 3.63) is 150 Å². The molecule has 2 saturated heterocycles. The molecule has 4 atom stereocenters. The van der Waals surface area contributed by atoms with E-state index < -0.39 is 36.0 Å². The molecule has 0 radical (unpaired) electrons. The lowest BCUT2D eigenvalue weighted by Crippen LogP contribution is -2.49. The number of para-hydroxylation sites is 1. The highest BCUT2D eigenvalue weighted by atomic mass is 16.5. The highest BCUT2D eigenvalue weighted by molar-refractivity contribution is 6.27. The number of esters is 1. The van der Waals surface area contributed by atoms with Gasteiger partial charge in [-0.15, -0.1) is 0 Å². The van der Waals surface area contributed by atoms with Crippen LogP contribution in [0.15, 0.2) is 133 Å². The first-order valence-electron chi connectivity index (χ1n) is 14.8. The zero-order chi connectivity index (χ0) is 29.8. The first kappa shape index (κ1) is 26.2. The lowest BCUT2D eigenvalue weighted by molar-refractivity contribution is -0.151. The summed E-state index contributed by atoms with van der Waals surface area (Å²) >= 11 is 0. The fourth-order valence-electron chi connectivity index (χ4n) is 7.20. The summed E-state index contributed by atoms with van der Waals surface area (Å²) in [6.45, 7) is 0. The lowest BCUT2D eigenvalue weighted by atomic mass is 9.88. The zero-order valence-electron chi connectivity index (χ0n) is 23.7. The van der Waals surface area contributed by atoms with Crippen LogP contribution in [0.3, 0.4) is 0 Å². The molecule has 0 aromatic heterocycles. The van der Waals surface area contributed by atoms with E-state index in [0.717, 1.165) is 33.2 Å². The van der Waals surface area contributed by atoms with E-state index >= 15 is 0 Å². The van der Waals surface area contributed by atoms with Gasteiger partial charge in [0, 0.05) is 11.1 Å². The van der Waals surface area contributed by atoms with Gasteiger partial charge in [-0.05, 0) is 34.2 Å². The molecule has 3 heterocycles. The summed E-state index contributed by atoms with van der Waals surface area (Å²) in [5.74, 6) is -2.87. The largest absolute Gasteiger partial charge is 0.451 e. The maximum absolute atomic E-state index is 14.5. The summed E-state index contributed by atoms with van der Waals surface area (Å²) in [5, 5.41) is 1.74. The number of fused-ring (bicyclic) bond motifs is 6. The molecule has 3 aliphatic rings. The quantitative estimate of drug-likeness (QED) is 0.175. The minimum atomic E-state index is -0.998. The Morgan fingerprint density at radius 1 is 0.636 bits per heavy atom. The van der Waals surface area contributed by atoms with Crippen LogP contribution in [0.2, 0.25) is 0 Å². The Balaban J connectivity index is 1.24. The average molecular weight is 577 g/mol. The van der Waals surface area contributed by atoms with Gasteiger partial charge in [-0.25, -0.2) is 9.69 Å². The SMILES string of the molecule is O=C(OC(c1ccccc1)c1ccccc1)[C@H]1[C@H]2C(=O)N(c3cccc4ccccc34)C(=O)[C@H]2[C@@H]2C=Cc3ccccc3N21. The molecule has 2 fully saturated rings. The molecule has 214 valence electrons. The molecule has 2 amide bonds. The fourth-order valence-corrected chi connectivity index (χ4v) is 7.20. The molecule has 0 saturated carbocycles. The number of hydrogen-bond donors (Lipinski definition) is 0. The van der Waals surface area contributed by atoms with Gasteiger partial charge < -0.3 is 9.64 Å². The van der Waals surface area contributed by atoms with Gasteiger partial charge in [-0.1, -0.05) is 127 Å². The van der Waals surface area contributed by atoms with Crippen molar-refractivity contribution in [3.63, 3.8) is 0 Å². The molecule has 5 aromatic rings. The summed E-state index contributed by atoms with van der Waals surface area (Å²) < 4.78 is 6.39. The maximum Gasteiger partial charge on any atom is 0.330 e. The monoisotopic (exact) mass is 576 g/mol. The predicted octanol–water partition coefficient (Wildman–Crippen LogP) is 6.56. The van der Waals surface area contributed by atoms with Crippen LogP contribution in [-0.4, -0.2) is 29.9 Å². The molecular weight excluding hydrogens is 548 g/mol. The van der Waals surface area contributed by atoms with Gasteiger partial charge in [0.2, 0.25) is 11.8 Å². The molecule has 0 N–H and O–H groups in total. The molecule has 6 heteroatoms. The Kier molecular flexibility index (Phi) is 6.15. The third-order valence-electron chi connectivity index (χ3n) is 9.10. The minimum absolute atomic E-state index is 0.298. The van der Waals surface area contributed by atoms with Crippen LogP contribution in [0.5, 0.6) is 0 Å². The summed E-state index contributed by atoms with van der Waals surface area (Å²) in [7, 11) is 0. The Hall–Kier alpha value is -5.49. The van der Waals surface area contributed by atoms with E-state index in [1.54, 1.807) is 6.07 Å². The second-order valence-corrected chi connectivity index (χ2v) is 11.5. The van der Waals surface area contributed by atoms with Crippen LogP contribution in [0.4, 0.5) is 11.4 Å². The summed E-state index contributed by atoms with van der Waals surface area (Å²) in [6.07, 6.45) is 3.26. The highest BCUT2D eigenvalue weighted by Gasteiger charge is 2.65. The topological polar surface area (TPSA) is 66.9 Å². The van der Waals surface area contributed by atoms with Crippen molar-refractivity contribution in [3.8, 4) is 0 Å². The maximum atomic E-state index is 14.5. The number of anilines is 2. The molecule has 0 aliphatic carbocycles. The smallest absolute Gasteiger partial charge is 0.330 e. The normalized spacial score (nSPS) is 21.8. The van der Waals surface area contributed by atoms with Crippen LogP contribution in [0.1, 0.15) is 22.8 Å². The molecule has 3 aliphatic heterocycles. The van der Waals surface area contributed by atoms with Crippen molar-refractivity contribution >= 4 is 46.0 Å². The van der Waals surface area contributed by atoms with Crippen molar-refractivity contribution in [1.82, 2.24) is 0 Å². The van der Waals surface area contributed by atoms with Crippen molar-refractivity contribution < 1.29 is 19.1 Å². The number of carbonyl (C=O) groups is 3. The molecule has 44 heavy (non-hydrogen) atoms. The number of carbonyl (C=O) groups excluding carboxylic acids is 3. The number of ether oxygens (including phenoxy) is 1. The summed E-state index contributed by atoms with van der Waals surface area (Å²) in [6, 6.07) is 38.8. The molecule has 0 unspecified atom stereocenters. The Labute approximate surface area is 254 Å². The standard InChI is InChI=1S/C38H28N2O4/c41-36-32-31-23-22-25-13-8-10-20-29(25)39(31)34(33(32)37(42)40(36)30-21-11-18-24-12-7-9-19-28(24)30)38(43)44-35(26-14-3-1-4-15-26)27-16-5-2-6-17-27/h1-23,31-35H/t31-,32-,33-,34+/m0/s1. The van der Waals surface area contributed by atoms with Crippen LogP contribution in [0, 0.1) is 11.8 Å². The first-order chi connectivity index (χ1) is 21.6. The van der Waals surface area contributed by atoms with E-state index in [4.69, 9.17) is 4.74 Å². The van der Waals surface area contributed by atoms with E-state index in [1.165, 1.54) is 4.90 Å². The fraction of sp³-hybridized carbons (Fsp3) is 0.132. The van der Waals surface area contributed by atoms with Gasteiger partial charge in [0.1, 0.15) is 6.04 Å². The Morgan fingerprint density at radius 3 is 1.98 bits per heavy atom. The van der Waals surface area contributed by atoms with Crippen molar-refractivity contribution in [2.24, 2.45) is 11.8 Å². The highest BCUT2D eigenvalue weighted by Crippen LogP contribution is 2.50. The van der Waals surface area contributed by atoms with Crippen LogP contribution >= 0.6 is 0 Å². The van der Waals surface area contributed by atoms with Crippen LogP contribution in [-0.2, 0) is 19.1 Å². The molecule has 0 spiro atoms. The molecular formula is C38H28N2O4. The molecule has 6 nitrogen and oxygen atoms in total. The van der Waals surface area contributed by atoms with Gasteiger partial charge in [0.15, 0.2) is 6.10 Å². The second-order valence-electron chi connectivity index (χ2n) is 11.5. The van der Waals surface area contributed by atoms with Gasteiger partial charge in [-0.2, -0.15) is 0 Å². The van der Waals surface area contributed by atoms with E-state index in [9.17, 15) is 14.4 Å². The number of hydrogen-bond acceptors (Lipinski definition) is 5. The minimum Gasteiger partial charge on any atom is -0.451 e. The first-order valence-corrected chi connectivity index (χ1v) is 14.8. The lowest BCUT2D eigenvalue weighted by Gasteiger charge is -2.36. The van der Waals surface area contributed by atoms with Gasteiger partial charge in [0.05, 0.1) is 23.6 Å². The average Bonchev–Trinajstić information content (AvgIpc) is 3.56. The van der Waals surface area contributed by atoms with Crippen molar-refractivity contribution in [1.29, 1.82) is 0 Å². The van der Waals surface area contributed by atoms with E-state index in [0.29, 0.717) is 5.69 Å². The number of amides is 2. The van der Waals surface area contributed by atoms with Gasteiger partial charge in [0.25, 0.3) is 0 Å². The number of rotatable bonds is 5. The molecule has 5 aromatic carbocycles. The predicted molar refractivity (Wildman–Crippen MR) is 170 cm³/mol. The van der Waals surface area contributed by atoms with E-state index in [2.05, 4.69) is 0 Å². The van der Waals surface area contributed by atoms with Crippen LogP contribution < -0.4 is 9.80 Å². The number of nitrogens with zero attached hydrogens (tertiary/aromatic N) is 2. The van der Waals surface area contributed by atoms with Crippen molar-refractivity contribution in [2.45, 2.75) is 18.2 Å². The number of imide groups is 1. The second kappa shape index (κ2) is 10.3. The van der Waals surface area contributed by atoms with Crippen molar-refractivity contribution in [2.75, 3.05) is 9.80 Å².